The lowest BCUT2D eigenvalue weighted by atomic mass is 9.85. The number of nitrogens with one attached hydrogen (secondary N) is 1. The Morgan fingerprint density at radius 1 is 1.38 bits per heavy atom. The summed E-state index contributed by atoms with van der Waals surface area (Å²) in [4.78, 5) is 0. The topological polar surface area (TPSA) is 51.2 Å². The van der Waals surface area contributed by atoms with Crippen LogP contribution in [0.2, 0.25) is 0 Å². The summed E-state index contributed by atoms with van der Waals surface area (Å²) in [5.74, 6) is 1.03. The molecule has 3 N–H and O–H groups in total. The fourth-order valence-corrected chi connectivity index (χ4v) is 1.48. The van der Waals surface area contributed by atoms with E-state index in [1.807, 2.05) is 12.1 Å². The first-order valence-electron chi connectivity index (χ1n) is 5.99. The van der Waals surface area contributed by atoms with E-state index in [2.05, 4.69) is 26.1 Å². The maximum absolute atomic E-state index is 6.07. The van der Waals surface area contributed by atoms with Crippen molar-refractivity contribution in [3.05, 3.63) is 24.2 Å². The fourth-order valence-electron chi connectivity index (χ4n) is 1.48. The summed E-state index contributed by atoms with van der Waals surface area (Å²) >= 11 is 0. The number of hydrogen-bond donors (Lipinski definition) is 2. The van der Waals surface area contributed by atoms with Gasteiger partial charge in [0.25, 0.3) is 0 Å². The molecule has 16 heavy (non-hydrogen) atoms. The lowest BCUT2D eigenvalue weighted by Crippen LogP contribution is -2.37. The van der Waals surface area contributed by atoms with E-state index in [-0.39, 0.29) is 11.5 Å². The normalized spacial score (nSPS) is 14.0. The number of rotatable bonds is 6. The number of furan rings is 1. The SMILES string of the molecule is CC(C)(C)C(N)CCNCCc1ccco1. The Hall–Kier alpha value is -0.800. The fraction of sp³-hybridized carbons (Fsp3) is 0.692. The Labute approximate surface area is 98.4 Å². The van der Waals surface area contributed by atoms with E-state index in [0.29, 0.717) is 0 Å². The van der Waals surface area contributed by atoms with Crippen molar-refractivity contribution in [2.24, 2.45) is 11.1 Å². The van der Waals surface area contributed by atoms with E-state index >= 15 is 0 Å². The Balaban J connectivity index is 2.04. The van der Waals surface area contributed by atoms with Crippen LogP contribution in [0, 0.1) is 5.41 Å². The molecule has 0 radical (unpaired) electrons. The van der Waals surface area contributed by atoms with Crippen molar-refractivity contribution in [2.45, 2.75) is 39.7 Å². The smallest absolute Gasteiger partial charge is 0.105 e. The largest absolute Gasteiger partial charge is 0.469 e. The second-order valence-electron chi connectivity index (χ2n) is 5.34. The van der Waals surface area contributed by atoms with Crippen LogP contribution < -0.4 is 11.1 Å². The number of nitrogens with two attached hydrogens (primary N) is 1. The molecular weight excluding hydrogens is 200 g/mol. The van der Waals surface area contributed by atoms with Gasteiger partial charge in [0.2, 0.25) is 0 Å². The van der Waals surface area contributed by atoms with Gasteiger partial charge in [0, 0.05) is 19.0 Å². The van der Waals surface area contributed by atoms with Gasteiger partial charge >= 0.3 is 0 Å². The quantitative estimate of drug-likeness (QED) is 0.728. The first kappa shape index (κ1) is 13.3. The minimum Gasteiger partial charge on any atom is -0.469 e. The first-order chi connectivity index (χ1) is 7.50. The summed E-state index contributed by atoms with van der Waals surface area (Å²) in [5, 5.41) is 3.39. The molecule has 3 nitrogen and oxygen atoms in total. The molecule has 0 aromatic carbocycles. The van der Waals surface area contributed by atoms with Gasteiger partial charge in [-0.25, -0.2) is 0 Å². The van der Waals surface area contributed by atoms with E-state index < -0.39 is 0 Å². The Morgan fingerprint density at radius 3 is 2.69 bits per heavy atom. The third-order valence-electron chi connectivity index (χ3n) is 2.87. The Morgan fingerprint density at radius 2 is 2.12 bits per heavy atom. The monoisotopic (exact) mass is 224 g/mol. The summed E-state index contributed by atoms with van der Waals surface area (Å²) in [6, 6.07) is 4.18. The molecule has 3 heteroatoms. The highest BCUT2D eigenvalue weighted by atomic mass is 16.3. The molecule has 0 aliphatic carbocycles. The molecule has 0 saturated heterocycles. The summed E-state index contributed by atoms with van der Waals surface area (Å²) < 4.78 is 5.25. The average Bonchev–Trinajstić information content (AvgIpc) is 2.68. The molecular formula is C13H24N2O. The minimum absolute atomic E-state index is 0.197. The second kappa shape index (κ2) is 6.06. The zero-order valence-corrected chi connectivity index (χ0v) is 10.6. The number of hydrogen-bond acceptors (Lipinski definition) is 3. The molecule has 0 amide bonds. The molecule has 0 spiro atoms. The van der Waals surface area contributed by atoms with Crippen LogP contribution in [-0.2, 0) is 6.42 Å². The molecule has 1 heterocycles. The van der Waals surface area contributed by atoms with Crippen molar-refractivity contribution in [3.63, 3.8) is 0 Å². The predicted octanol–water partition coefficient (Wildman–Crippen LogP) is 2.18. The van der Waals surface area contributed by atoms with Gasteiger partial charge in [0.05, 0.1) is 6.26 Å². The van der Waals surface area contributed by atoms with Gasteiger partial charge in [-0.15, -0.1) is 0 Å². The predicted molar refractivity (Wildman–Crippen MR) is 67.3 cm³/mol. The maximum Gasteiger partial charge on any atom is 0.105 e. The van der Waals surface area contributed by atoms with Gasteiger partial charge < -0.3 is 15.5 Å². The zero-order valence-electron chi connectivity index (χ0n) is 10.6. The summed E-state index contributed by atoms with van der Waals surface area (Å²) in [6.07, 6.45) is 3.67. The van der Waals surface area contributed by atoms with Crippen molar-refractivity contribution in [1.82, 2.24) is 5.32 Å². The van der Waals surface area contributed by atoms with Crippen LogP contribution in [0.25, 0.3) is 0 Å². The highest BCUT2D eigenvalue weighted by molar-refractivity contribution is 4.98. The molecule has 92 valence electrons. The van der Waals surface area contributed by atoms with E-state index in [9.17, 15) is 0 Å². The summed E-state index contributed by atoms with van der Waals surface area (Å²) in [5.41, 5.74) is 6.27. The third-order valence-corrected chi connectivity index (χ3v) is 2.87. The Bertz CT molecular complexity index is 275. The van der Waals surface area contributed by atoms with Crippen molar-refractivity contribution in [1.29, 1.82) is 0 Å². The van der Waals surface area contributed by atoms with Crippen LogP contribution in [0.15, 0.2) is 22.8 Å². The van der Waals surface area contributed by atoms with Gasteiger partial charge in [-0.2, -0.15) is 0 Å². The molecule has 0 bridgehead atoms. The van der Waals surface area contributed by atoms with Crippen LogP contribution in [-0.4, -0.2) is 19.1 Å². The van der Waals surface area contributed by atoms with E-state index in [1.165, 1.54) is 0 Å². The van der Waals surface area contributed by atoms with Crippen LogP contribution in [0.3, 0.4) is 0 Å². The molecule has 0 saturated carbocycles. The Kier molecular flexibility index (Phi) is 5.03. The van der Waals surface area contributed by atoms with Crippen molar-refractivity contribution < 1.29 is 4.42 Å². The van der Waals surface area contributed by atoms with E-state index in [0.717, 1.165) is 31.7 Å². The average molecular weight is 224 g/mol. The first-order valence-corrected chi connectivity index (χ1v) is 5.99. The molecule has 0 aliphatic heterocycles. The highest BCUT2D eigenvalue weighted by Crippen LogP contribution is 2.18. The third kappa shape index (κ3) is 4.81. The van der Waals surface area contributed by atoms with Gasteiger partial charge in [0.15, 0.2) is 0 Å². The standard InChI is InChI=1S/C13H24N2O/c1-13(2,3)12(14)7-9-15-8-6-11-5-4-10-16-11/h4-5,10,12,15H,6-9,14H2,1-3H3. The molecule has 1 unspecified atom stereocenters. The summed E-state index contributed by atoms with van der Waals surface area (Å²) in [6.45, 7) is 8.46. The molecule has 0 aliphatic rings. The van der Waals surface area contributed by atoms with Crippen LogP contribution in [0.4, 0.5) is 0 Å². The molecule has 1 aromatic rings. The van der Waals surface area contributed by atoms with Gasteiger partial charge in [0.1, 0.15) is 5.76 Å². The molecule has 1 atom stereocenters. The van der Waals surface area contributed by atoms with E-state index in [1.54, 1.807) is 6.26 Å². The van der Waals surface area contributed by atoms with Crippen molar-refractivity contribution in [2.75, 3.05) is 13.1 Å². The second-order valence-corrected chi connectivity index (χ2v) is 5.34. The van der Waals surface area contributed by atoms with Crippen LogP contribution in [0.1, 0.15) is 33.0 Å². The lowest BCUT2D eigenvalue weighted by Gasteiger charge is -2.27. The van der Waals surface area contributed by atoms with Crippen molar-refractivity contribution in [3.8, 4) is 0 Å². The van der Waals surface area contributed by atoms with Gasteiger partial charge in [-0.05, 0) is 30.5 Å². The van der Waals surface area contributed by atoms with Crippen LogP contribution >= 0.6 is 0 Å². The minimum atomic E-state index is 0.197. The summed E-state index contributed by atoms with van der Waals surface area (Å²) in [7, 11) is 0. The highest BCUT2D eigenvalue weighted by Gasteiger charge is 2.19. The molecule has 1 aromatic heterocycles. The van der Waals surface area contributed by atoms with E-state index in [4.69, 9.17) is 10.2 Å². The molecule has 1 rings (SSSR count). The van der Waals surface area contributed by atoms with Gasteiger partial charge in [-0.1, -0.05) is 20.8 Å². The lowest BCUT2D eigenvalue weighted by molar-refractivity contribution is 0.302. The zero-order chi connectivity index (χ0) is 12.0. The van der Waals surface area contributed by atoms with Crippen molar-refractivity contribution >= 4 is 0 Å². The van der Waals surface area contributed by atoms with Crippen LogP contribution in [0.5, 0.6) is 0 Å². The maximum atomic E-state index is 6.07. The molecule has 0 fully saturated rings. The van der Waals surface area contributed by atoms with Gasteiger partial charge in [-0.3, -0.25) is 0 Å².